The number of hydrogen-bond donors (Lipinski definition) is 1. The van der Waals surface area contributed by atoms with Gasteiger partial charge in [-0.15, -0.1) is 0 Å². The number of carbonyl (C=O) groups is 1. The molecule has 3 nitrogen and oxygen atoms in total. The second kappa shape index (κ2) is 6.93. The van der Waals surface area contributed by atoms with Crippen molar-refractivity contribution in [2.45, 2.75) is 32.9 Å². The van der Waals surface area contributed by atoms with Crippen molar-refractivity contribution >= 4 is 5.91 Å². The predicted octanol–water partition coefficient (Wildman–Crippen LogP) is 4.02. The third-order valence-electron chi connectivity index (χ3n) is 3.38. The molecule has 0 aromatic heterocycles. The maximum absolute atomic E-state index is 11.1. The molecule has 1 N–H and O–H groups in total. The number of benzene rings is 2. The van der Waals surface area contributed by atoms with Gasteiger partial charge in [0, 0.05) is 6.92 Å². The molecule has 0 spiro atoms. The second-order valence-electron chi connectivity index (χ2n) is 5.16. The molecule has 0 saturated carbocycles. The van der Waals surface area contributed by atoms with Crippen LogP contribution in [-0.2, 0) is 4.79 Å². The third kappa shape index (κ3) is 4.35. The summed E-state index contributed by atoms with van der Waals surface area (Å²) in [5.41, 5.74) is 2.21. The van der Waals surface area contributed by atoms with Crippen LogP contribution in [0.4, 0.5) is 0 Å². The van der Waals surface area contributed by atoms with E-state index in [1.807, 2.05) is 56.3 Å². The number of carbonyl (C=O) groups excluding carboxylic acids is 1. The molecule has 0 aliphatic heterocycles. The second-order valence-corrected chi connectivity index (χ2v) is 5.16. The maximum Gasteiger partial charge on any atom is 0.217 e. The minimum Gasteiger partial charge on any atom is -0.486 e. The molecule has 0 saturated heterocycles. The van der Waals surface area contributed by atoms with Crippen molar-refractivity contribution in [3.63, 3.8) is 0 Å². The summed E-state index contributed by atoms with van der Waals surface area (Å²) in [5.74, 6) is 0.797. The van der Waals surface area contributed by atoms with Gasteiger partial charge in [0.1, 0.15) is 11.9 Å². The van der Waals surface area contributed by atoms with Crippen LogP contribution >= 0.6 is 0 Å². The van der Waals surface area contributed by atoms with Crippen molar-refractivity contribution in [2.24, 2.45) is 0 Å². The van der Waals surface area contributed by atoms with E-state index in [0.717, 1.165) is 16.9 Å². The molecule has 2 aromatic carbocycles. The first-order chi connectivity index (χ1) is 10.1. The lowest BCUT2D eigenvalue weighted by Crippen LogP contribution is -2.23. The normalized spacial score (nSPS) is 13.3. The average Bonchev–Trinajstić information content (AvgIpc) is 2.48. The van der Waals surface area contributed by atoms with E-state index < -0.39 is 0 Å². The van der Waals surface area contributed by atoms with E-state index in [1.54, 1.807) is 0 Å². The Morgan fingerprint density at radius 3 is 2.14 bits per heavy atom. The molecule has 2 unspecified atom stereocenters. The number of rotatable bonds is 5. The smallest absolute Gasteiger partial charge is 0.217 e. The van der Waals surface area contributed by atoms with Crippen molar-refractivity contribution in [3.05, 3.63) is 65.7 Å². The molecule has 0 bridgehead atoms. The zero-order valence-corrected chi connectivity index (χ0v) is 12.7. The number of ether oxygens (including phenoxy) is 1. The molecule has 0 fully saturated rings. The number of nitrogens with one attached hydrogen (secondary N) is 1. The lowest BCUT2D eigenvalue weighted by atomic mass is 10.1. The molecule has 21 heavy (non-hydrogen) atoms. The number of amides is 1. The Hall–Kier alpha value is -2.29. The highest BCUT2D eigenvalue weighted by Gasteiger charge is 2.09. The summed E-state index contributed by atoms with van der Waals surface area (Å²) in [6.45, 7) is 5.52. The average molecular weight is 283 g/mol. The Bertz CT molecular complexity index is 578. The standard InChI is InChI=1S/C18H21NO2/c1-13(19-15(3)20)16-9-11-18(12-10-16)21-14(2)17-7-5-4-6-8-17/h4-14H,1-3H3,(H,19,20). The van der Waals surface area contributed by atoms with Crippen molar-refractivity contribution in [3.8, 4) is 5.75 Å². The first-order valence-corrected chi connectivity index (χ1v) is 7.15. The molecular formula is C18H21NO2. The number of hydrogen-bond acceptors (Lipinski definition) is 2. The van der Waals surface area contributed by atoms with Gasteiger partial charge >= 0.3 is 0 Å². The van der Waals surface area contributed by atoms with Gasteiger partial charge in [-0.3, -0.25) is 4.79 Å². The minimum absolute atomic E-state index is 0.00287. The molecular weight excluding hydrogens is 262 g/mol. The molecule has 110 valence electrons. The van der Waals surface area contributed by atoms with Gasteiger partial charge in [-0.25, -0.2) is 0 Å². The van der Waals surface area contributed by atoms with Crippen LogP contribution in [0.15, 0.2) is 54.6 Å². The van der Waals surface area contributed by atoms with Crippen LogP contribution in [0.2, 0.25) is 0 Å². The monoisotopic (exact) mass is 283 g/mol. The fourth-order valence-electron chi connectivity index (χ4n) is 2.22. The Morgan fingerprint density at radius 1 is 0.952 bits per heavy atom. The van der Waals surface area contributed by atoms with Gasteiger partial charge in [0.15, 0.2) is 0 Å². The Morgan fingerprint density at radius 2 is 1.57 bits per heavy atom. The molecule has 0 aliphatic rings. The lowest BCUT2D eigenvalue weighted by Gasteiger charge is -2.17. The van der Waals surface area contributed by atoms with Crippen molar-refractivity contribution in [1.29, 1.82) is 0 Å². The van der Waals surface area contributed by atoms with Crippen molar-refractivity contribution in [1.82, 2.24) is 5.32 Å². The lowest BCUT2D eigenvalue weighted by molar-refractivity contribution is -0.119. The van der Waals surface area contributed by atoms with Gasteiger partial charge < -0.3 is 10.1 Å². The van der Waals surface area contributed by atoms with Gasteiger partial charge in [-0.2, -0.15) is 0 Å². The summed E-state index contributed by atoms with van der Waals surface area (Å²) in [7, 11) is 0. The van der Waals surface area contributed by atoms with Crippen molar-refractivity contribution in [2.75, 3.05) is 0 Å². The SMILES string of the molecule is CC(=O)NC(C)c1ccc(OC(C)c2ccccc2)cc1. The highest BCUT2D eigenvalue weighted by atomic mass is 16.5. The maximum atomic E-state index is 11.1. The van der Waals surface area contributed by atoms with Gasteiger partial charge in [-0.1, -0.05) is 42.5 Å². The van der Waals surface area contributed by atoms with Gasteiger partial charge in [-0.05, 0) is 37.1 Å². The Labute approximate surface area is 126 Å². The van der Waals surface area contributed by atoms with Gasteiger partial charge in [0.05, 0.1) is 6.04 Å². The summed E-state index contributed by atoms with van der Waals surface area (Å²) < 4.78 is 5.93. The topological polar surface area (TPSA) is 38.3 Å². The zero-order chi connectivity index (χ0) is 15.2. The van der Waals surface area contributed by atoms with Crippen LogP contribution in [0, 0.1) is 0 Å². The summed E-state index contributed by atoms with van der Waals surface area (Å²) >= 11 is 0. The fourth-order valence-corrected chi connectivity index (χ4v) is 2.22. The van der Waals surface area contributed by atoms with Crippen LogP contribution in [0.5, 0.6) is 5.75 Å². The van der Waals surface area contributed by atoms with Gasteiger partial charge in [0.2, 0.25) is 5.91 Å². The highest BCUT2D eigenvalue weighted by Crippen LogP contribution is 2.23. The van der Waals surface area contributed by atoms with Crippen molar-refractivity contribution < 1.29 is 9.53 Å². The molecule has 3 heteroatoms. The minimum atomic E-state index is -0.0273. The molecule has 0 aliphatic carbocycles. The van der Waals surface area contributed by atoms with E-state index in [-0.39, 0.29) is 18.1 Å². The molecule has 2 atom stereocenters. The van der Waals surface area contributed by atoms with E-state index in [2.05, 4.69) is 17.4 Å². The van der Waals surface area contributed by atoms with Crippen LogP contribution in [0.3, 0.4) is 0 Å². The van der Waals surface area contributed by atoms with E-state index in [1.165, 1.54) is 6.92 Å². The quantitative estimate of drug-likeness (QED) is 0.900. The first kappa shape index (κ1) is 15.1. The molecule has 0 heterocycles. The summed E-state index contributed by atoms with van der Waals surface area (Å²) in [4.78, 5) is 11.1. The van der Waals surface area contributed by atoms with Crippen LogP contribution in [0.25, 0.3) is 0 Å². The largest absolute Gasteiger partial charge is 0.486 e. The van der Waals surface area contributed by atoms with E-state index in [4.69, 9.17) is 4.74 Å². The Balaban J connectivity index is 2.01. The molecule has 2 rings (SSSR count). The van der Waals surface area contributed by atoms with E-state index in [0.29, 0.717) is 0 Å². The molecule has 2 aromatic rings. The van der Waals surface area contributed by atoms with Gasteiger partial charge in [0.25, 0.3) is 0 Å². The fraction of sp³-hybridized carbons (Fsp3) is 0.278. The van der Waals surface area contributed by atoms with Crippen LogP contribution in [0.1, 0.15) is 44.0 Å². The summed E-state index contributed by atoms with van der Waals surface area (Å²) in [5, 5.41) is 2.87. The van der Waals surface area contributed by atoms with Crippen LogP contribution in [-0.4, -0.2) is 5.91 Å². The third-order valence-corrected chi connectivity index (χ3v) is 3.38. The molecule has 1 amide bonds. The summed E-state index contributed by atoms with van der Waals surface area (Å²) in [6.07, 6.45) is 0.00446. The van der Waals surface area contributed by atoms with E-state index in [9.17, 15) is 4.79 Å². The molecule has 0 radical (unpaired) electrons. The zero-order valence-electron chi connectivity index (χ0n) is 12.7. The van der Waals surface area contributed by atoms with Crippen LogP contribution < -0.4 is 10.1 Å². The summed E-state index contributed by atoms with van der Waals surface area (Å²) in [6, 6.07) is 18.0. The first-order valence-electron chi connectivity index (χ1n) is 7.15. The van der Waals surface area contributed by atoms with E-state index >= 15 is 0 Å². The highest BCUT2D eigenvalue weighted by molar-refractivity contribution is 5.73. The Kier molecular flexibility index (Phi) is 4.99. The predicted molar refractivity (Wildman–Crippen MR) is 84.2 cm³/mol.